The lowest BCUT2D eigenvalue weighted by Crippen LogP contribution is -2.12. The molecule has 0 spiro atoms. The van der Waals surface area contributed by atoms with Crippen LogP contribution in [-0.4, -0.2) is 13.0 Å². The van der Waals surface area contributed by atoms with E-state index in [1.165, 1.54) is 6.07 Å². The number of nitrogens with one attached hydrogen (secondary N) is 2. The molecular weight excluding hydrogens is 271 g/mol. The number of halogens is 1. The van der Waals surface area contributed by atoms with Gasteiger partial charge >= 0.3 is 0 Å². The van der Waals surface area contributed by atoms with E-state index in [4.69, 9.17) is 4.74 Å². The summed E-state index contributed by atoms with van der Waals surface area (Å²) in [5.41, 5.74) is 2.95. The summed E-state index contributed by atoms with van der Waals surface area (Å²) in [6.07, 6.45) is 0. The first kappa shape index (κ1) is 13.4. The van der Waals surface area contributed by atoms with Gasteiger partial charge in [-0.1, -0.05) is 6.07 Å². The zero-order valence-corrected chi connectivity index (χ0v) is 11.6. The Hall–Kier alpha value is -2.56. The van der Waals surface area contributed by atoms with Crippen molar-refractivity contribution >= 4 is 11.6 Å². The number of carbonyl (C=O) groups is 1. The molecule has 3 rings (SSSR count). The number of hydrogen-bond donors (Lipinski definition) is 2. The van der Waals surface area contributed by atoms with E-state index in [-0.39, 0.29) is 11.7 Å². The zero-order chi connectivity index (χ0) is 14.8. The number of hydrogen-bond acceptors (Lipinski definition) is 3. The van der Waals surface area contributed by atoms with Crippen LogP contribution in [0.2, 0.25) is 0 Å². The molecule has 1 aliphatic heterocycles. The Morgan fingerprint density at radius 3 is 3.00 bits per heavy atom. The molecule has 0 unspecified atom stereocenters. The fourth-order valence-electron chi connectivity index (χ4n) is 2.42. The minimum atomic E-state index is -0.287. The third kappa shape index (κ3) is 2.54. The zero-order valence-electron chi connectivity index (χ0n) is 11.6. The van der Waals surface area contributed by atoms with Crippen LogP contribution in [0.5, 0.6) is 5.75 Å². The summed E-state index contributed by atoms with van der Waals surface area (Å²) in [5.74, 6) is 0.259. The average Bonchev–Trinajstić information content (AvgIpc) is 2.89. The molecule has 108 valence electrons. The van der Waals surface area contributed by atoms with Gasteiger partial charge in [0.2, 0.25) is 0 Å². The van der Waals surface area contributed by atoms with Crippen molar-refractivity contribution in [2.24, 2.45) is 0 Å². The number of rotatable bonds is 4. The number of methoxy groups -OCH3 is 1. The Bertz CT molecular complexity index is 701. The van der Waals surface area contributed by atoms with Crippen LogP contribution in [0.25, 0.3) is 0 Å². The lowest BCUT2D eigenvalue weighted by Gasteiger charge is -2.11. The summed E-state index contributed by atoms with van der Waals surface area (Å²) < 4.78 is 18.9. The smallest absolute Gasteiger partial charge is 0.251 e. The van der Waals surface area contributed by atoms with Gasteiger partial charge in [0.1, 0.15) is 11.6 Å². The van der Waals surface area contributed by atoms with Crippen molar-refractivity contribution in [2.75, 3.05) is 12.4 Å². The van der Waals surface area contributed by atoms with Gasteiger partial charge in [-0.15, -0.1) is 0 Å². The molecule has 1 heterocycles. The first-order valence-electron chi connectivity index (χ1n) is 6.65. The number of benzene rings is 2. The van der Waals surface area contributed by atoms with Gasteiger partial charge in [0.25, 0.3) is 5.91 Å². The topological polar surface area (TPSA) is 50.4 Å². The largest absolute Gasteiger partial charge is 0.497 e. The summed E-state index contributed by atoms with van der Waals surface area (Å²) in [6.45, 7) is 0.825. The maximum absolute atomic E-state index is 13.8. The number of anilines is 1. The summed E-state index contributed by atoms with van der Waals surface area (Å²) in [4.78, 5) is 11.6. The summed E-state index contributed by atoms with van der Waals surface area (Å²) >= 11 is 0. The third-order valence-corrected chi connectivity index (χ3v) is 3.57. The summed E-state index contributed by atoms with van der Waals surface area (Å²) in [5, 5.41) is 5.97. The van der Waals surface area contributed by atoms with Gasteiger partial charge in [-0.25, -0.2) is 4.39 Å². The fourth-order valence-corrected chi connectivity index (χ4v) is 2.42. The second kappa shape index (κ2) is 5.44. The van der Waals surface area contributed by atoms with Crippen molar-refractivity contribution < 1.29 is 13.9 Å². The van der Waals surface area contributed by atoms with Crippen LogP contribution in [0.4, 0.5) is 10.1 Å². The lowest BCUT2D eigenvalue weighted by molar-refractivity contribution is 0.0966. The Kier molecular flexibility index (Phi) is 3.48. The van der Waals surface area contributed by atoms with E-state index >= 15 is 0 Å². The minimum Gasteiger partial charge on any atom is -0.497 e. The van der Waals surface area contributed by atoms with Crippen LogP contribution < -0.4 is 15.4 Å². The van der Waals surface area contributed by atoms with E-state index in [0.29, 0.717) is 30.0 Å². The molecule has 0 bridgehead atoms. The van der Waals surface area contributed by atoms with Crippen LogP contribution in [0.15, 0.2) is 36.4 Å². The van der Waals surface area contributed by atoms with Crippen LogP contribution in [0.3, 0.4) is 0 Å². The van der Waals surface area contributed by atoms with Gasteiger partial charge < -0.3 is 15.4 Å². The van der Waals surface area contributed by atoms with Gasteiger partial charge in [-0.2, -0.15) is 0 Å². The van der Waals surface area contributed by atoms with Crippen molar-refractivity contribution in [3.8, 4) is 5.75 Å². The maximum atomic E-state index is 13.8. The molecule has 21 heavy (non-hydrogen) atoms. The van der Waals surface area contributed by atoms with Gasteiger partial charge in [0, 0.05) is 35.5 Å². The standard InChI is InChI=1S/C16H15FN2O2/c1-21-11-5-6-14(17)10(7-11)8-18-15-4-2-3-12-13(15)9-19-16(12)20/h2-7,18H,8-9H2,1H3,(H,19,20). The molecule has 0 aromatic heterocycles. The molecule has 1 amide bonds. The maximum Gasteiger partial charge on any atom is 0.251 e. The quantitative estimate of drug-likeness (QED) is 0.908. The predicted molar refractivity (Wildman–Crippen MR) is 77.9 cm³/mol. The van der Waals surface area contributed by atoms with Crippen LogP contribution >= 0.6 is 0 Å². The van der Waals surface area contributed by atoms with E-state index in [2.05, 4.69) is 10.6 Å². The molecule has 2 aromatic carbocycles. The van der Waals surface area contributed by atoms with Crippen LogP contribution in [-0.2, 0) is 13.1 Å². The molecule has 2 aromatic rings. The monoisotopic (exact) mass is 286 g/mol. The van der Waals surface area contributed by atoms with Crippen molar-refractivity contribution in [3.05, 3.63) is 58.9 Å². The highest BCUT2D eigenvalue weighted by Crippen LogP contribution is 2.25. The molecule has 0 atom stereocenters. The molecule has 2 N–H and O–H groups in total. The first-order valence-corrected chi connectivity index (χ1v) is 6.65. The Balaban J connectivity index is 1.82. The van der Waals surface area contributed by atoms with Gasteiger partial charge in [0.05, 0.1) is 7.11 Å². The summed E-state index contributed by atoms with van der Waals surface area (Å²) in [6, 6.07) is 10.1. The van der Waals surface area contributed by atoms with Crippen molar-refractivity contribution in [1.82, 2.24) is 5.32 Å². The fraction of sp³-hybridized carbons (Fsp3) is 0.188. The van der Waals surface area contributed by atoms with Gasteiger partial charge in [0.15, 0.2) is 0 Å². The van der Waals surface area contributed by atoms with Crippen molar-refractivity contribution in [3.63, 3.8) is 0 Å². The lowest BCUT2D eigenvalue weighted by atomic mass is 10.1. The Morgan fingerprint density at radius 1 is 1.33 bits per heavy atom. The molecule has 5 heteroatoms. The number of carbonyl (C=O) groups excluding carboxylic acids is 1. The number of amides is 1. The molecule has 0 radical (unpaired) electrons. The molecular formula is C16H15FN2O2. The average molecular weight is 286 g/mol. The summed E-state index contributed by atoms with van der Waals surface area (Å²) in [7, 11) is 1.55. The Morgan fingerprint density at radius 2 is 2.19 bits per heavy atom. The predicted octanol–water partition coefficient (Wildman–Crippen LogP) is 2.69. The SMILES string of the molecule is COc1ccc(F)c(CNc2cccc3c2CNC3=O)c1. The van der Waals surface area contributed by atoms with Crippen molar-refractivity contribution in [1.29, 1.82) is 0 Å². The van der Waals surface area contributed by atoms with Crippen LogP contribution in [0.1, 0.15) is 21.5 Å². The highest BCUT2D eigenvalue weighted by Gasteiger charge is 2.21. The molecule has 0 saturated heterocycles. The van der Waals surface area contributed by atoms with Crippen molar-refractivity contribution in [2.45, 2.75) is 13.1 Å². The van der Waals surface area contributed by atoms with E-state index in [1.54, 1.807) is 25.3 Å². The minimum absolute atomic E-state index is 0.0683. The van der Waals surface area contributed by atoms with Gasteiger partial charge in [-0.3, -0.25) is 4.79 Å². The number of ether oxygens (including phenoxy) is 1. The molecule has 4 nitrogen and oxygen atoms in total. The Labute approximate surface area is 121 Å². The van der Waals surface area contributed by atoms with E-state index in [0.717, 1.165) is 11.3 Å². The van der Waals surface area contributed by atoms with Gasteiger partial charge in [-0.05, 0) is 30.3 Å². The second-order valence-corrected chi connectivity index (χ2v) is 4.83. The highest BCUT2D eigenvalue weighted by atomic mass is 19.1. The normalized spacial score (nSPS) is 12.8. The second-order valence-electron chi connectivity index (χ2n) is 4.83. The highest BCUT2D eigenvalue weighted by molar-refractivity contribution is 5.99. The third-order valence-electron chi connectivity index (χ3n) is 3.57. The van der Waals surface area contributed by atoms with E-state index < -0.39 is 0 Å². The molecule has 1 aliphatic rings. The molecule has 0 fully saturated rings. The molecule has 0 saturated carbocycles. The molecule has 0 aliphatic carbocycles. The van der Waals surface area contributed by atoms with E-state index in [1.807, 2.05) is 12.1 Å². The first-order chi connectivity index (χ1) is 10.2. The van der Waals surface area contributed by atoms with E-state index in [9.17, 15) is 9.18 Å². The number of fused-ring (bicyclic) bond motifs is 1. The van der Waals surface area contributed by atoms with Crippen LogP contribution in [0, 0.1) is 5.82 Å².